The summed E-state index contributed by atoms with van der Waals surface area (Å²) in [6.07, 6.45) is 1.66. The average Bonchev–Trinajstić information content (AvgIpc) is 3.12. The van der Waals surface area contributed by atoms with Crippen molar-refractivity contribution in [3.05, 3.63) is 29.5 Å². The molecule has 2 rings (SSSR count). The van der Waals surface area contributed by atoms with Crippen LogP contribution in [0.2, 0.25) is 0 Å². The van der Waals surface area contributed by atoms with Gasteiger partial charge in [-0.05, 0) is 11.4 Å². The monoisotopic (exact) mass is 294 g/mol. The number of rotatable bonds is 6. The first-order chi connectivity index (χ1) is 9.83. The second kappa shape index (κ2) is 7.66. The Balaban J connectivity index is 1.84. The van der Waals surface area contributed by atoms with Crippen molar-refractivity contribution in [1.29, 1.82) is 0 Å². The Hall–Kier alpha value is -1.86. The lowest BCUT2D eigenvalue weighted by atomic mass is 10.4. The Kier molecular flexibility index (Phi) is 5.57. The minimum atomic E-state index is 0.557. The molecule has 108 valence electrons. The van der Waals surface area contributed by atoms with Crippen LogP contribution in [0.1, 0.15) is 5.69 Å². The summed E-state index contributed by atoms with van der Waals surface area (Å²) in [6, 6.07) is 3.96. The van der Waals surface area contributed by atoms with Crippen LogP contribution in [-0.4, -0.2) is 38.3 Å². The Morgan fingerprint density at radius 3 is 3.10 bits per heavy atom. The Bertz CT molecular complexity index is 536. The van der Waals surface area contributed by atoms with Gasteiger partial charge < -0.3 is 19.8 Å². The van der Waals surface area contributed by atoms with E-state index in [1.165, 1.54) is 0 Å². The number of guanidine groups is 1. The van der Waals surface area contributed by atoms with E-state index in [0.717, 1.165) is 10.6 Å². The fraction of sp³-hybridized carbons (Fsp3) is 0.385. The molecule has 0 spiro atoms. The molecular weight excluding hydrogens is 276 g/mol. The molecule has 6 nitrogen and oxygen atoms in total. The lowest BCUT2D eigenvalue weighted by molar-refractivity contribution is 0.203. The molecule has 0 aliphatic heterocycles. The quantitative estimate of drug-likeness (QED) is 0.482. The first-order valence-corrected chi connectivity index (χ1v) is 7.13. The number of methoxy groups -OCH3 is 1. The van der Waals surface area contributed by atoms with Crippen molar-refractivity contribution in [3.8, 4) is 10.8 Å². The Morgan fingerprint density at radius 2 is 2.40 bits per heavy atom. The highest BCUT2D eigenvalue weighted by atomic mass is 32.1. The molecule has 0 aromatic carbocycles. The van der Waals surface area contributed by atoms with Crippen LogP contribution in [0.25, 0.3) is 10.8 Å². The number of hydrogen-bond acceptors (Lipinski definition) is 5. The molecule has 0 saturated carbocycles. The molecule has 0 atom stereocenters. The SMILES string of the molecule is CN=C(NCCOC)NCc1coc(-c2cccs2)n1. The maximum absolute atomic E-state index is 5.45. The summed E-state index contributed by atoms with van der Waals surface area (Å²) >= 11 is 1.61. The van der Waals surface area contributed by atoms with Crippen LogP contribution in [0, 0.1) is 0 Å². The van der Waals surface area contributed by atoms with Gasteiger partial charge in [0.15, 0.2) is 5.96 Å². The summed E-state index contributed by atoms with van der Waals surface area (Å²) in [5.74, 6) is 1.36. The van der Waals surface area contributed by atoms with E-state index in [-0.39, 0.29) is 0 Å². The van der Waals surface area contributed by atoms with Crippen LogP contribution in [0.5, 0.6) is 0 Å². The molecule has 0 aliphatic rings. The smallest absolute Gasteiger partial charge is 0.236 e. The molecule has 2 aromatic heterocycles. The van der Waals surface area contributed by atoms with E-state index < -0.39 is 0 Å². The molecule has 0 saturated heterocycles. The van der Waals surface area contributed by atoms with Gasteiger partial charge in [-0.25, -0.2) is 4.98 Å². The Morgan fingerprint density at radius 1 is 1.50 bits per heavy atom. The zero-order valence-corrected chi connectivity index (χ0v) is 12.4. The van der Waals surface area contributed by atoms with E-state index in [1.807, 2.05) is 17.5 Å². The van der Waals surface area contributed by atoms with E-state index in [2.05, 4.69) is 20.6 Å². The van der Waals surface area contributed by atoms with E-state index >= 15 is 0 Å². The van der Waals surface area contributed by atoms with E-state index in [9.17, 15) is 0 Å². The highest BCUT2D eigenvalue weighted by Gasteiger charge is 2.07. The van der Waals surface area contributed by atoms with Crippen LogP contribution in [-0.2, 0) is 11.3 Å². The maximum Gasteiger partial charge on any atom is 0.236 e. The number of nitrogens with zero attached hydrogens (tertiary/aromatic N) is 2. The van der Waals surface area contributed by atoms with Gasteiger partial charge in [-0.3, -0.25) is 4.99 Å². The van der Waals surface area contributed by atoms with E-state index in [4.69, 9.17) is 9.15 Å². The van der Waals surface area contributed by atoms with Gasteiger partial charge in [-0.15, -0.1) is 11.3 Å². The average molecular weight is 294 g/mol. The standard InChI is InChI=1S/C13H18N4O2S/c1-14-13(15-5-6-18-2)16-8-10-9-19-12(17-10)11-4-3-7-20-11/h3-4,7,9H,5-6,8H2,1-2H3,(H2,14,15,16). The molecule has 0 radical (unpaired) electrons. The number of ether oxygens (including phenoxy) is 1. The number of nitrogens with one attached hydrogen (secondary N) is 2. The molecule has 7 heteroatoms. The van der Waals surface area contributed by atoms with E-state index in [1.54, 1.807) is 31.8 Å². The molecule has 0 unspecified atom stereocenters. The third-order valence-corrected chi connectivity index (χ3v) is 3.40. The Labute approximate surface area is 121 Å². The van der Waals surface area contributed by atoms with Crippen LogP contribution in [0.4, 0.5) is 0 Å². The van der Waals surface area contributed by atoms with Gasteiger partial charge in [0.05, 0.1) is 23.7 Å². The lowest BCUT2D eigenvalue weighted by Gasteiger charge is -2.09. The second-order valence-electron chi connectivity index (χ2n) is 3.97. The molecule has 2 heterocycles. The number of oxazole rings is 1. The second-order valence-corrected chi connectivity index (χ2v) is 4.91. The number of thiophene rings is 1. The predicted molar refractivity (Wildman–Crippen MR) is 79.9 cm³/mol. The van der Waals surface area contributed by atoms with Crippen LogP contribution >= 0.6 is 11.3 Å². The minimum absolute atomic E-state index is 0.557. The van der Waals surface area contributed by atoms with Crippen LogP contribution < -0.4 is 10.6 Å². The maximum atomic E-state index is 5.45. The van der Waals surface area contributed by atoms with Crippen LogP contribution in [0.3, 0.4) is 0 Å². The van der Waals surface area contributed by atoms with Gasteiger partial charge in [0.25, 0.3) is 0 Å². The number of aromatic nitrogens is 1. The van der Waals surface area contributed by atoms with Crippen molar-refractivity contribution in [3.63, 3.8) is 0 Å². The van der Waals surface area contributed by atoms with Gasteiger partial charge in [-0.1, -0.05) is 6.07 Å². The van der Waals surface area contributed by atoms with E-state index in [0.29, 0.717) is 31.5 Å². The number of hydrogen-bond donors (Lipinski definition) is 2. The minimum Gasteiger partial charge on any atom is -0.443 e. The fourth-order valence-corrected chi connectivity index (χ4v) is 2.22. The first-order valence-electron chi connectivity index (χ1n) is 6.25. The summed E-state index contributed by atoms with van der Waals surface area (Å²) < 4.78 is 10.4. The molecule has 0 bridgehead atoms. The normalized spacial score (nSPS) is 11.6. The van der Waals surface area contributed by atoms with Crippen molar-refractivity contribution in [2.75, 3.05) is 27.3 Å². The first kappa shape index (κ1) is 14.5. The van der Waals surface area contributed by atoms with Crippen molar-refractivity contribution in [2.24, 2.45) is 4.99 Å². The zero-order valence-electron chi connectivity index (χ0n) is 11.5. The highest BCUT2D eigenvalue weighted by molar-refractivity contribution is 7.13. The van der Waals surface area contributed by atoms with Gasteiger partial charge >= 0.3 is 0 Å². The fourth-order valence-electron chi connectivity index (χ4n) is 1.57. The summed E-state index contributed by atoms with van der Waals surface area (Å²) in [4.78, 5) is 9.57. The van der Waals surface area contributed by atoms with Crippen molar-refractivity contribution in [2.45, 2.75) is 6.54 Å². The van der Waals surface area contributed by atoms with Gasteiger partial charge in [0.2, 0.25) is 5.89 Å². The molecular formula is C13H18N4O2S. The summed E-state index contributed by atoms with van der Waals surface area (Å²) in [7, 11) is 3.39. The van der Waals surface area contributed by atoms with Crippen molar-refractivity contribution in [1.82, 2.24) is 15.6 Å². The zero-order chi connectivity index (χ0) is 14.2. The largest absolute Gasteiger partial charge is 0.443 e. The summed E-state index contributed by atoms with van der Waals surface area (Å²) in [5, 5.41) is 8.30. The molecule has 2 N–H and O–H groups in total. The molecule has 0 fully saturated rings. The molecule has 20 heavy (non-hydrogen) atoms. The molecule has 2 aromatic rings. The van der Waals surface area contributed by atoms with Crippen molar-refractivity contribution < 1.29 is 9.15 Å². The third kappa shape index (κ3) is 4.07. The van der Waals surface area contributed by atoms with Gasteiger partial charge in [0.1, 0.15) is 6.26 Å². The molecule has 0 aliphatic carbocycles. The van der Waals surface area contributed by atoms with Gasteiger partial charge in [-0.2, -0.15) is 0 Å². The predicted octanol–water partition coefficient (Wildman–Crippen LogP) is 1.71. The summed E-state index contributed by atoms with van der Waals surface area (Å²) in [6.45, 7) is 1.89. The summed E-state index contributed by atoms with van der Waals surface area (Å²) in [5.41, 5.74) is 0.836. The van der Waals surface area contributed by atoms with Gasteiger partial charge in [0, 0.05) is 20.7 Å². The van der Waals surface area contributed by atoms with Crippen LogP contribution in [0.15, 0.2) is 33.2 Å². The van der Waals surface area contributed by atoms with Crippen molar-refractivity contribution >= 4 is 17.3 Å². The lowest BCUT2D eigenvalue weighted by Crippen LogP contribution is -2.38. The molecule has 0 amide bonds. The highest BCUT2D eigenvalue weighted by Crippen LogP contribution is 2.23. The topological polar surface area (TPSA) is 71.7 Å². The number of aliphatic imine (C=N–C) groups is 1. The third-order valence-electron chi connectivity index (χ3n) is 2.54.